The summed E-state index contributed by atoms with van der Waals surface area (Å²) >= 11 is 0. The molecule has 2 aromatic rings. The number of unbranched alkanes of at least 4 members (excludes halogenated alkanes) is 5. The normalized spacial score (nSPS) is 10.8. The van der Waals surface area contributed by atoms with Crippen LogP contribution in [-0.4, -0.2) is 11.6 Å². The molecule has 0 aliphatic heterocycles. The van der Waals surface area contributed by atoms with E-state index < -0.39 is 0 Å². The quantitative estimate of drug-likeness (QED) is 0.443. The van der Waals surface area contributed by atoms with Gasteiger partial charge in [0.25, 0.3) is 0 Å². The fourth-order valence-electron chi connectivity index (χ4n) is 2.98. The van der Waals surface area contributed by atoms with Crippen LogP contribution in [0.3, 0.4) is 0 Å². The van der Waals surface area contributed by atoms with Gasteiger partial charge in [0.1, 0.15) is 5.75 Å². The minimum atomic E-state index is 0.793. The highest BCUT2D eigenvalue weighted by Gasteiger charge is 2.10. The minimum Gasteiger partial charge on any atom is -0.493 e. The predicted molar refractivity (Wildman–Crippen MR) is 103 cm³/mol. The summed E-state index contributed by atoms with van der Waals surface area (Å²) < 4.78 is 6.07. The van der Waals surface area contributed by atoms with Crippen molar-refractivity contribution in [2.24, 2.45) is 0 Å². The van der Waals surface area contributed by atoms with E-state index in [0.717, 1.165) is 25.2 Å². The Bertz CT molecular complexity index is 541. The third kappa shape index (κ3) is 5.67. The van der Waals surface area contributed by atoms with E-state index in [9.17, 15) is 0 Å². The molecule has 24 heavy (non-hydrogen) atoms. The molecule has 2 rings (SSSR count). The number of pyridine rings is 1. The van der Waals surface area contributed by atoms with Gasteiger partial charge in [0.05, 0.1) is 6.61 Å². The number of nitrogens with zero attached hydrogens (tertiary/aromatic N) is 1. The molecule has 1 heterocycles. The van der Waals surface area contributed by atoms with Crippen molar-refractivity contribution in [2.75, 3.05) is 6.61 Å². The van der Waals surface area contributed by atoms with E-state index >= 15 is 0 Å². The van der Waals surface area contributed by atoms with Crippen LogP contribution >= 0.6 is 0 Å². The zero-order valence-corrected chi connectivity index (χ0v) is 15.3. The van der Waals surface area contributed by atoms with Gasteiger partial charge >= 0.3 is 0 Å². The number of aryl methyl sites for hydroxylation is 1. The van der Waals surface area contributed by atoms with Gasteiger partial charge in [-0.25, -0.2) is 0 Å². The average Bonchev–Trinajstić information content (AvgIpc) is 2.63. The lowest BCUT2D eigenvalue weighted by molar-refractivity contribution is 0.307. The lowest BCUT2D eigenvalue weighted by atomic mass is 9.97. The molecule has 0 N–H and O–H groups in total. The Morgan fingerprint density at radius 1 is 0.833 bits per heavy atom. The average molecular weight is 325 g/mol. The summed E-state index contributed by atoms with van der Waals surface area (Å²) in [5, 5.41) is 0. The molecule has 1 aromatic heterocycles. The monoisotopic (exact) mass is 325 g/mol. The van der Waals surface area contributed by atoms with E-state index in [4.69, 9.17) is 4.74 Å². The van der Waals surface area contributed by atoms with Crippen LogP contribution in [-0.2, 0) is 6.42 Å². The van der Waals surface area contributed by atoms with E-state index in [2.05, 4.69) is 49.2 Å². The molecule has 0 atom stereocenters. The number of ether oxygens (including phenoxy) is 1. The molecular formula is C22H31NO. The third-order valence-corrected chi connectivity index (χ3v) is 4.39. The Balaban J connectivity index is 2.12. The van der Waals surface area contributed by atoms with Gasteiger partial charge in [-0.3, -0.25) is 4.98 Å². The molecule has 0 aliphatic rings. The Morgan fingerprint density at radius 3 is 2.46 bits per heavy atom. The van der Waals surface area contributed by atoms with E-state index in [1.165, 1.54) is 55.2 Å². The summed E-state index contributed by atoms with van der Waals surface area (Å²) in [6, 6.07) is 10.5. The molecule has 0 fully saturated rings. The molecule has 0 bridgehead atoms. The largest absolute Gasteiger partial charge is 0.493 e. The van der Waals surface area contributed by atoms with Gasteiger partial charge in [-0.2, -0.15) is 0 Å². The highest BCUT2D eigenvalue weighted by molar-refractivity contribution is 5.72. The number of aromatic nitrogens is 1. The fraction of sp³-hybridized carbons (Fsp3) is 0.500. The zero-order chi connectivity index (χ0) is 17.0. The Labute approximate surface area is 147 Å². The van der Waals surface area contributed by atoms with Crippen molar-refractivity contribution in [1.29, 1.82) is 0 Å². The first kappa shape index (κ1) is 18.5. The van der Waals surface area contributed by atoms with Crippen LogP contribution in [0.5, 0.6) is 5.75 Å². The van der Waals surface area contributed by atoms with E-state index in [1.807, 2.05) is 12.4 Å². The van der Waals surface area contributed by atoms with Crippen molar-refractivity contribution in [3.8, 4) is 16.9 Å². The second kappa shape index (κ2) is 10.9. The number of hydrogen-bond donors (Lipinski definition) is 0. The van der Waals surface area contributed by atoms with E-state index in [0.29, 0.717) is 0 Å². The first-order chi connectivity index (χ1) is 11.9. The molecular weight excluding hydrogens is 294 g/mol. The van der Waals surface area contributed by atoms with Crippen LogP contribution in [0.2, 0.25) is 0 Å². The maximum Gasteiger partial charge on any atom is 0.127 e. The van der Waals surface area contributed by atoms with Crippen LogP contribution in [0.4, 0.5) is 0 Å². The maximum atomic E-state index is 6.07. The van der Waals surface area contributed by atoms with Crippen LogP contribution in [0.25, 0.3) is 11.1 Å². The number of para-hydroxylation sites is 1. The number of benzene rings is 1. The summed E-state index contributed by atoms with van der Waals surface area (Å²) in [6.45, 7) is 5.26. The Hall–Kier alpha value is -1.83. The van der Waals surface area contributed by atoms with Crippen LogP contribution in [0.15, 0.2) is 42.7 Å². The summed E-state index contributed by atoms with van der Waals surface area (Å²) in [7, 11) is 0. The molecule has 0 amide bonds. The van der Waals surface area contributed by atoms with Crippen molar-refractivity contribution in [2.45, 2.75) is 65.2 Å². The standard InChI is InChI=1S/C22H31NO/c1-3-5-7-8-12-19-18-23-16-15-20(19)21-13-9-10-14-22(21)24-17-11-6-4-2/h9-10,13-16,18H,3-8,11-12,17H2,1-2H3. The second-order valence-corrected chi connectivity index (χ2v) is 6.40. The van der Waals surface area contributed by atoms with Crippen molar-refractivity contribution in [1.82, 2.24) is 4.98 Å². The highest BCUT2D eigenvalue weighted by Crippen LogP contribution is 2.32. The van der Waals surface area contributed by atoms with Gasteiger partial charge < -0.3 is 4.74 Å². The third-order valence-electron chi connectivity index (χ3n) is 4.39. The molecule has 0 saturated heterocycles. The molecule has 0 spiro atoms. The zero-order valence-electron chi connectivity index (χ0n) is 15.3. The fourth-order valence-corrected chi connectivity index (χ4v) is 2.98. The van der Waals surface area contributed by atoms with Crippen LogP contribution in [0.1, 0.15) is 64.4 Å². The topological polar surface area (TPSA) is 22.1 Å². The smallest absolute Gasteiger partial charge is 0.127 e. The van der Waals surface area contributed by atoms with Gasteiger partial charge in [-0.1, -0.05) is 64.2 Å². The maximum absolute atomic E-state index is 6.07. The lowest BCUT2D eigenvalue weighted by Crippen LogP contribution is -2.00. The van der Waals surface area contributed by atoms with Crippen LogP contribution in [0, 0.1) is 0 Å². The Kier molecular flexibility index (Phi) is 8.37. The highest BCUT2D eigenvalue weighted by atomic mass is 16.5. The predicted octanol–water partition coefficient (Wildman–Crippen LogP) is 6.44. The SMILES string of the molecule is CCCCCCc1cnccc1-c1ccccc1OCCCCC. The van der Waals surface area contributed by atoms with Gasteiger partial charge in [-0.05, 0) is 42.5 Å². The van der Waals surface area contributed by atoms with Gasteiger partial charge in [0.15, 0.2) is 0 Å². The van der Waals surface area contributed by atoms with Gasteiger partial charge in [-0.15, -0.1) is 0 Å². The molecule has 2 nitrogen and oxygen atoms in total. The molecule has 1 aromatic carbocycles. The Morgan fingerprint density at radius 2 is 1.62 bits per heavy atom. The van der Waals surface area contributed by atoms with E-state index in [1.54, 1.807) is 0 Å². The minimum absolute atomic E-state index is 0.793. The molecule has 0 radical (unpaired) electrons. The van der Waals surface area contributed by atoms with Crippen molar-refractivity contribution in [3.05, 3.63) is 48.3 Å². The second-order valence-electron chi connectivity index (χ2n) is 6.40. The molecule has 0 saturated carbocycles. The molecule has 0 aliphatic carbocycles. The molecule has 130 valence electrons. The molecule has 2 heteroatoms. The summed E-state index contributed by atoms with van der Waals surface area (Å²) in [5.41, 5.74) is 3.80. The van der Waals surface area contributed by atoms with Gasteiger partial charge in [0, 0.05) is 18.0 Å². The number of hydrogen-bond acceptors (Lipinski definition) is 2. The summed E-state index contributed by atoms with van der Waals surface area (Å²) in [4.78, 5) is 4.35. The first-order valence-corrected chi connectivity index (χ1v) is 9.51. The van der Waals surface area contributed by atoms with Crippen LogP contribution < -0.4 is 4.74 Å². The number of rotatable bonds is 11. The van der Waals surface area contributed by atoms with Crippen molar-refractivity contribution < 1.29 is 4.74 Å². The summed E-state index contributed by atoms with van der Waals surface area (Å²) in [6.07, 6.45) is 13.7. The van der Waals surface area contributed by atoms with Crippen molar-refractivity contribution in [3.63, 3.8) is 0 Å². The summed E-state index contributed by atoms with van der Waals surface area (Å²) in [5.74, 6) is 0.995. The lowest BCUT2D eigenvalue weighted by Gasteiger charge is -2.14. The molecule has 0 unspecified atom stereocenters. The van der Waals surface area contributed by atoms with E-state index in [-0.39, 0.29) is 0 Å². The van der Waals surface area contributed by atoms with Gasteiger partial charge in [0.2, 0.25) is 0 Å². The van der Waals surface area contributed by atoms with Crippen molar-refractivity contribution >= 4 is 0 Å². The first-order valence-electron chi connectivity index (χ1n) is 9.51.